The van der Waals surface area contributed by atoms with Crippen molar-refractivity contribution in [3.8, 4) is 17.2 Å². The van der Waals surface area contributed by atoms with Crippen LogP contribution in [0, 0.1) is 10.1 Å². The smallest absolute Gasteiger partial charge is 0.315 e. The highest BCUT2D eigenvalue weighted by atomic mass is 16.6. The van der Waals surface area contributed by atoms with Crippen molar-refractivity contribution < 1.29 is 24.3 Å². The molecule has 2 aromatic carbocycles. The second-order valence-electron chi connectivity index (χ2n) is 5.71. The molecule has 0 radical (unpaired) electrons. The number of amides is 1. The molecule has 2 N–H and O–H groups in total. The maximum Gasteiger partial charge on any atom is 0.315 e. The molecular formula is C18H19N3O6. The van der Waals surface area contributed by atoms with Gasteiger partial charge in [-0.05, 0) is 32.0 Å². The second-order valence-corrected chi connectivity index (χ2v) is 5.71. The maximum absolute atomic E-state index is 12.0. The number of ether oxygens (including phenoxy) is 2. The zero-order chi connectivity index (χ0) is 20.0. The summed E-state index contributed by atoms with van der Waals surface area (Å²) in [5.41, 5.74) is 2.35. The number of aromatic hydroxyl groups is 1. The molecule has 0 saturated carbocycles. The minimum atomic E-state index is -0.620. The Morgan fingerprint density at radius 2 is 2.04 bits per heavy atom. The van der Waals surface area contributed by atoms with Gasteiger partial charge in [-0.1, -0.05) is 12.1 Å². The van der Waals surface area contributed by atoms with Crippen molar-refractivity contribution >= 4 is 17.8 Å². The van der Waals surface area contributed by atoms with Crippen molar-refractivity contribution in [1.29, 1.82) is 0 Å². The van der Waals surface area contributed by atoms with Crippen molar-refractivity contribution in [3.63, 3.8) is 0 Å². The van der Waals surface area contributed by atoms with Gasteiger partial charge in [0.1, 0.15) is 5.75 Å². The highest BCUT2D eigenvalue weighted by Gasteiger charge is 2.23. The molecule has 0 aromatic heterocycles. The summed E-state index contributed by atoms with van der Waals surface area (Å²) in [6.45, 7) is 3.49. The number of phenols is 1. The van der Waals surface area contributed by atoms with Crippen LogP contribution in [0.5, 0.6) is 17.2 Å². The fraction of sp³-hybridized carbons (Fsp3) is 0.222. The second kappa shape index (κ2) is 8.65. The minimum Gasteiger partial charge on any atom is -0.507 e. The first kappa shape index (κ1) is 19.7. The SMILES string of the molecule is COc1cc(/C=N\NC(=O)c2ccccc2O)cc([N+](=O)[O-])c1OC(C)C. The fourth-order valence-corrected chi connectivity index (χ4v) is 2.22. The fourth-order valence-electron chi connectivity index (χ4n) is 2.22. The number of nitrogens with zero attached hydrogens (tertiary/aromatic N) is 2. The lowest BCUT2D eigenvalue weighted by Gasteiger charge is -2.14. The third kappa shape index (κ3) is 4.94. The Hall–Kier alpha value is -3.62. The number of nitrogens with one attached hydrogen (secondary N) is 1. The zero-order valence-electron chi connectivity index (χ0n) is 15.0. The number of para-hydroxylation sites is 1. The monoisotopic (exact) mass is 373 g/mol. The van der Waals surface area contributed by atoms with Gasteiger partial charge < -0.3 is 14.6 Å². The molecule has 0 aliphatic rings. The highest BCUT2D eigenvalue weighted by Crippen LogP contribution is 2.38. The predicted molar refractivity (Wildman–Crippen MR) is 98.6 cm³/mol. The summed E-state index contributed by atoms with van der Waals surface area (Å²) < 4.78 is 10.7. The van der Waals surface area contributed by atoms with Crippen molar-refractivity contribution in [2.24, 2.45) is 5.10 Å². The van der Waals surface area contributed by atoms with E-state index in [2.05, 4.69) is 10.5 Å². The molecule has 0 bridgehead atoms. The summed E-state index contributed by atoms with van der Waals surface area (Å²) in [6, 6.07) is 8.75. The molecule has 0 spiro atoms. The van der Waals surface area contributed by atoms with E-state index >= 15 is 0 Å². The number of hydrazone groups is 1. The van der Waals surface area contributed by atoms with Gasteiger partial charge in [-0.25, -0.2) is 5.43 Å². The highest BCUT2D eigenvalue weighted by molar-refractivity contribution is 5.97. The average molecular weight is 373 g/mol. The number of nitro groups is 1. The molecule has 2 aromatic rings. The van der Waals surface area contributed by atoms with Crippen LogP contribution in [-0.2, 0) is 0 Å². The van der Waals surface area contributed by atoms with Crippen molar-refractivity contribution in [3.05, 3.63) is 57.6 Å². The van der Waals surface area contributed by atoms with Crippen LogP contribution in [0.25, 0.3) is 0 Å². The molecular weight excluding hydrogens is 354 g/mol. The van der Waals surface area contributed by atoms with Gasteiger partial charge in [0, 0.05) is 11.6 Å². The van der Waals surface area contributed by atoms with Crippen LogP contribution in [0.4, 0.5) is 5.69 Å². The van der Waals surface area contributed by atoms with Crippen molar-refractivity contribution in [2.45, 2.75) is 20.0 Å². The number of hydrogen-bond donors (Lipinski definition) is 2. The van der Waals surface area contributed by atoms with Gasteiger partial charge in [-0.3, -0.25) is 14.9 Å². The minimum absolute atomic E-state index is 0.0212. The molecule has 9 nitrogen and oxygen atoms in total. The third-order valence-electron chi connectivity index (χ3n) is 3.36. The number of nitro benzene ring substituents is 1. The van der Waals surface area contributed by atoms with E-state index in [4.69, 9.17) is 9.47 Å². The quantitative estimate of drug-likeness (QED) is 0.437. The van der Waals surface area contributed by atoms with Gasteiger partial charge in [0.15, 0.2) is 5.75 Å². The van der Waals surface area contributed by atoms with Gasteiger partial charge in [-0.2, -0.15) is 5.10 Å². The van der Waals surface area contributed by atoms with Crippen LogP contribution in [0.3, 0.4) is 0 Å². The van der Waals surface area contributed by atoms with E-state index in [9.17, 15) is 20.0 Å². The van der Waals surface area contributed by atoms with Gasteiger partial charge in [-0.15, -0.1) is 0 Å². The summed E-state index contributed by atoms with van der Waals surface area (Å²) in [5, 5.41) is 24.8. The summed E-state index contributed by atoms with van der Waals surface area (Å²) in [7, 11) is 1.37. The van der Waals surface area contributed by atoms with Gasteiger partial charge in [0.05, 0.1) is 29.9 Å². The number of phenolic OH excluding ortho intramolecular Hbond substituents is 1. The van der Waals surface area contributed by atoms with Crippen LogP contribution < -0.4 is 14.9 Å². The topological polar surface area (TPSA) is 123 Å². The standard InChI is InChI=1S/C18H19N3O6/c1-11(2)27-17-14(21(24)25)8-12(9-16(17)26-3)10-19-20-18(23)13-6-4-5-7-15(13)22/h4-11,22H,1-3H3,(H,20,23)/b19-10-. The molecule has 0 heterocycles. The third-order valence-corrected chi connectivity index (χ3v) is 3.36. The molecule has 0 unspecified atom stereocenters. The Balaban J connectivity index is 2.26. The molecule has 2 rings (SSSR count). The number of hydrogen-bond acceptors (Lipinski definition) is 7. The first-order chi connectivity index (χ1) is 12.8. The normalized spacial score (nSPS) is 10.8. The van der Waals surface area contributed by atoms with E-state index < -0.39 is 10.8 Å². The Morgan fingerprint density at radius 1 is 1.33 bits per heavy atom. The molecule has 0 aliphatic heterocycles. The number of methoxy groups -OCH3 is 1. The molecule has 9 heteroatoms. The lowest BCUT2D eigenvalue weighted by molar-refractivity contribution is -0.386. The summed E-state index contributed by atoms with van der Waals surface area (Å²) in [6.07, 6.45) is 0.946. The van der Waals surface area contributed by atoms with Crippen molar-refractivity contribution in [1.82, 2.24) is 5.43 Å². The largest absolute Gasteiger partial charge is 0.507 e. The molecule has 142 valence electrons. The lowest BCUT2D eigenvalue weighted by Crippen LogP contribution is -2.17. The molecule has 0 atom stereocenters. The summed E-state index contributed by atoms with van der Waals surface area (Å²) >= 11 is 0. The maximum atomic E-state index is 12.0. The van der Waals surface area contributed by atoms with E-state index in [-0.39, 0.29) is 34.6 Å². The molecule has 0 saturated heterocycles. The van der Waals surface area contributed by atoms with E-state index in [0.29, 0.717) is 5.56 Å². The summed E-state index contributed by atoms with van der Waals surface area (Å²) in [4.78, 5) is 22.8. The van der Waals surface area contributed by atoms with Gasteiger partial charge in [0.2, 0.25) is 5.75 Å². The number of benzene rings is 2. The molecule has 0 fully saturated rings. The molecule has 1 amide bonds. The Morgan fingerprint density at radius 3 is 2.63 bits per heavy atom. The van der Waals surface area contributed by atoms with E-state index in [1.165, 1.54) is 37.6 Å². The lowest BCUT2D eigenvalue weighted by atomic mass is 10.2. The summed E-state index contributed by atoms with van der Waals surface area (Å²) in [5.74, 6) is -0.609. The van der Waals surface area contributed by atoms with E-state index in [1.807, 2.05) is 0 Å². The van der Waals surface area contributed by atoms with Gasteiger partial charge >= 0.3 is 5.69 Å². The first-order valence-corrected chi connectivity index (χ1v) is 7.98. The van der Waals surface area contributed by atoms with Crippen LogP contribution in [0.15, 0.2) is 41.5 Å². The van der Waals surface area contributed by atoms with Crippen LogP contribution in [0.2, 0.25) is 0 Å². The first-order valence-electron chi connectivity index (χ1n) is 7.98. The van der Waals surface area contributed by atoms with Crippen LogP contribution in [-0.4, -0.2) is 35.4 Å². The Kier molecular flexibility index (Phi) is 6.32. The van der Waals surface area contributed by atoms with Crippen LogP contribution >= 0.6 is 0 Å². The number of carbonyl (C=O) groups is 1. The number of rotatable bonds is 7. The van der Waals surface area contributed by atoms with E-state index in [0.717, 1.165) is 0 Å². The Bertz CT molecular complexity index is 879. The van der Waals surface area contributed by atoms with Gasteiger partial charge in [0.25, 0.3) is 5.91 Å². The molecule has 0 aliphatic carbocycles. The predicted octanol–water partition coefficient (Wildman–Crippen LogP) is 2.86. The van der Waals surface area contributed by atoms with Crippen LogP contribution in [0.1, 0.15) is 29.8 Å². The van der Waals surface area contributed by atoms with E-state index in [1.54, 1.807) is 26.0 Å². The van der Waals surface area contributed by atoms with Crippen molar-refractivity contribution in [2.75, 3.05) is 7.11 Å². The Labute approximate surface area is 155 Å². The molecule has 27 heavy (non-hydrogen) atoms. The number of carbonyl (C=O) groups excluding carboxylic acids is 1. The zero-order valence-corrected chi connectivity index (χ0v) is 15.0. The average Bonchev–Trinajstić information content (AvgIpc) is 2.62.